The molecule has 110 valence electrons. The Hall–Kier alpha value is -1.86. The van der Waals surface area contributed by atoms with Gasteiger partial charge in [-0.1, -0.05) is 23.7 Å². The van der Waals surface area contributed by atoms with Crippen molar-refractivity contribution in [1.29, 1.82) is 0 Å². The molecular formula is C16H10ClIN2O2. The number of hydrazine groups is 1. The van der Waals surface area contributed by atoms with Crippen molar-refractivity contribution in [2.75, 3.05) is 5.01 Å². The SMILES string of the molecule is O=C1NN(c2ccc(I)cc2)C(=O)/C1=C\c1ccc(Cl)cc1. The minimum absolute atomic E-state index is 0.0980. The van der Waals surface area contributed by atoms with Crippen LogP contribution in [0.4, 0.5) is 5.69 Å². The Bertz CT molecular complexity index is 770. The first-order valence-corrected chi connectivity index (χ1v) is 7.88. The van der Waals surface area contributed by atoms with E-state index in [1.165, 1.54) is 5.01 Å². The van der Waals surface area contributed by atoms with Crippen LogP contribution >= 0.6 is 34.2 Å². The molecule has 1 fully saturated rings. The zero-order valence-electron chi connectivity index (χ0n) is 11.2. The van der Waals surface area contributed by atoms with Gasteiger partial charge in [-0.25, -0.2) is 5.01 Å². The lowest BCUT2D eigenvalue weighted by atomic mass is 10.1. The van der Waals surface area contributed by atoms with E-state index in [1.54, 1.807) is 42.5 Å². The Morgan fingerprint density at radius 1 is 1.00 bits per heavy atom. The molecule has 0 atom stereocenters. The highest BCUT2D eigenvalue weighted by molar-refractivity contribution is 14.1. The van der Waals surface area contributed by atoms with E-state index >= 15 is 0 Å². The molecular weight excluding hydrogens is 415 g/mol. The van der Waals surface area contributed by atoms with Crippen LogP contribution in [-0.2, 0) is 9.59 Å². The van der Waals surface area contributed by atoms with Crippen LogP contribution < -0.4 is 10.4 Å². The Balaban J connectivity index is 1.91. The predicted octanol–water partition coefficient (Wildman–Crippen LogP) is 3.41. The van der Waals surface area contributed by atoms with Gasteiger partial charge in [-0.3, -0.25) is 15.0 Å². The fourth-order valence-corrected chi connectivity index (χ4v) is 2.54. The van der Waals surface area contributed by atoms with Gasteiger partial charge in [0.2, 0.25) is 0 Å². The molecule has 1 aliphatic rings. The summed E-state index contributed by atoms with van der Waals surface area (Å²) in [6.45, 7) is 0. The second-order valence-electron chi connectivity index (χ2n) is 4.67. The number of carbonyl (C=O) groups excluding carboxylic acids is 2. The van der Waals surface area contributed by atoms with Crippen molar-refractivity contribution in [3.05, 3.63) is 68.3 Å². The molecule has 6 heteroatoms. The first-order valence-electron chi connectivity index (χ1n) is 6.43. The van der Waals surface area contributed by atoms with Gasteiger partial charge in [0.1, 0.15) is 5.57 Å². The van der Waals surface area contributed by atoms with E-state index in [0.29, 0.717) is 10.7 Å². The zero-order chi connectivity index (χ0) is 15.7. The molecule has 1 saturated heterocycles. The van der Waals surface area contributed by atoms with Gasteiger partial charge < -0.3 is 0 Å². The summed E-state index contributed by atoms with van der Waals surface area (Å²) in [6.07, 6.45) is 1.56. The van der Waals surface area contributed by atoms with Gasteiger partial charge in [0.15, 0.2) is 0 Å². The average molecular weight is 425 g/mol. The Morgan fingerprint density at radius 2 is 1.64 bits per heavy atom. The van der Waals surface area contributed by atoms with E-state index in [9.17, 15) is 9.59 Å². The van der Waals surface area contributed by atoms with E-state index in [1.807, 2.05) is 12.1 Å². The summed E-state index contributed by atoms with van der Waals surface area (Å²) in [4.78, 5) is 24.5. The predicted molar refractivity (Wildman–Crippen MR) is 94.2 cm³/mol. The first-order chi connectivity index (χ1) is 10.5. The number of nitrogens with zero attached hydrogens (tertiary/aromatic N) is 1. The van der Waals surface area contributed by atoms with Crippen molar-refractivity contribution in [1.82, 2.24) is 5.43 Å². The fraction of sp³-hybridized carbons (Fsp3) is 0. The third-order valence-corrected chi connectivity index (χ3v) is 4.13. The molecule has 3 rings (SSSR count). The number of amides is 2. The Labute approximate surface area is 145 Å². The van der Waals surface area contributed by atoms with Crippen LogP contribution in [0, 0.1) is 3.57 Å². The lowest BCUT2D eigenvalue weighted by Gasteiger charge is -2.14. The lowest BCUT2D eigenvalue weighted by Crippen LogP contribution is -2.35. The molecule has 0 bridgehead atoms. The molecule has 1 N–H and O–H groups in total. The van der Waals surface area contributed by atoms with Crippen molar-refractivity contribution in [3.8, 4) is 0 Å². The average Bonchev–Trinajstić information content (AvgIpc) is 2.78. The van der Waals surface area contributed by atoms with E-state index in [0.717, 1.165) is 9.13 Å². The van der Waals surface area contributed by atoms with Crippen LogP contribution in [0.15, 0.2) is 54.1 Å². The molecule has 0 saturated carbocycles. The largest absolute Gasteiger partial charge is 0.282 e. The van der Waals surface area contributed by atoms with Gasteiger partial charge in [-0.15, -0.1) is 0 Å². The van der Waals surface area contributed by atoms with Crippen LogP contribution in [0.5, 0.6) is 0 Å². The van der Waals surface area contributed by atoms with Crippen molar-refractivity contribution in [2.24, 2.45) is 0 Å². The standard InChI is InChI=1S/C16H10ClIN2O2/c17-11-3-1-10(2-4-11)9-14-15(21)19-20(16(14)22)13-7-5-12(18)6-8-13/h1-9H,(H,19,21)/b14-9-. The quantitative estimate of drug-likeness (QED) is 0.456. The smallest absolute Gasteiger partial charge is 0.267 e. The number of anilines is 1. The summed E-state index contributed by atoms with van der Waals surface area (Å²) in [6, 6.07) is 14.2. The number of halogens is 2. The Kier molecular flexibility index (Phi) is 4.17. The number of rotatable bonds is 2. The minimum Gasteiger partial charge on any atom is -0.267 e. The molecule has 1 aliphatic heterocycles. The normalized spacial score (nSPS) is 16.3. The van der Waals surface area contributed by atoms with Crippen LogP contribution in [0.2, 0.25) is 5.02 Å². The molecule has 1 heterocycles. The van der Waals surface area contributed by atoms with Gasteiger partial charge in [-0.05, 0) is 70.6 Å². The van der Waals surface area contributed by atoms with Crippen LogP contribution in [0.3, 0.4) is 0 Å². The highest BCUT2D eigenvalue weighted by Crippen LogP contribution is 2.22. The summed E-state index contributed by atoms with van der Waals surface area (Å²) < 4.78 is 1.05. The maximum atomic E-state index is 12.4. The number of nitrogens with one attached hydrogen (secondary N) is 1. The van der Waals surface area contributed by atoms with Gasteiger partial charge in [0.05, 0.1) is 5.69 Å². The lowest BCUT2D eigenvalue weighted by molar-refractivity contribution is -0.117. The molecule has 4 nitrogen and oxygen atoms in total. The van der Waals surface area contributed by atoms with E-state index < -0.39 is 5.91 Å². The Morgan fingerprint density at radius 3 is 2.27 bits per heavy atom. The van der Waals surface area contributed by atoms with Crippen LogP contribution in [-0.4, -0.2) is 11.8 Å². The molecule has 0 spiro atoms. The summed E-state index contributed by atoms with van der Waals surface area (Å²) >= 11 is 8.00. The van der Waals surface area contributed by atoms with Crippen LogP contribution in [0.25, 0.3) is 6.08 Å². The number of carbonyl (C=O) groups is 2. The third kappa shape index (κ3) is 3.00. The highest BCUT2D eigenvalue weighted by atomic mass is 127. The monoisotopic (exact) mass is 424 g/mol. The zero-order valence-corrected chi connectivity index (χ0v) is 14.1. The van der Waals surface area contributed by atoms with Gasteiger partial charge >= 0.3 is 0 Å². The minimum atomic E-state index is -0.418. The topological polar surface area (TPSA) is 49.4 Å². The first kappa shape index (κ1) is 15.1. The fourth-order valence-electron chi connectivity index (χ4n) is 2.06. The summed E-state index contributed by atoms with van der Waals surface area (Å²) in [5, 5.41) is 1.85. The molecule has 0 aromatic heterocycles. The number of benzene rings is 2. The maximum Gasteiger partial charge on any atom is 0.282 e. The molecule has 2 aromatic carbocycles. The van der Waals surface area contributed by atoms with Crippen molar-refractivity contribution in [2.45, 2.75) is 0 Å². The van der Waals surface area contributed by atoms with E-state index in [4.69, 9.17) is 11.6 Å². The van der Waals surface area contributed by atoms with E-state index in [-0.39, 0.29) is 11.5 Å². The second-order valence-corrected chi connectivity index (χ2v) is 6.35. The molecule has 0 aliphatic carbocycles. The van der Waals surface area contributed by atoms with Crippen molar-refractivity contribution < 1.29 is 9.59 Å². The molecule has 0 radical (unpaired) electrons. The summed E-state index contributed by atoms with van der Waals surface area (Å²) in [5.41, 5.74) is 4.03. The second kappa shape index (κ2) is 6.10. The third-order valence-electron chi connectivity index (χ3n) is 3.16. The van der Waals surface area contributed by atoms with Gasteiger partial charge in [0, 0.05) is 8.59 Å². The van der Waals surface area contributed by atoms with Gasteiger partial charge in [-0.2, -0.15) is 0 Å². The van der Waals surface area contributed by atoms with Crippen molar-refractivity contribution >= 4 is 57.8 Å². The van der Waals surface area contributed by atoms with Crippen molar-refractivity contribution in [3.63, 3.8) is 0 Å². The summed E-state index contributed by atoms with van der Waals surface area (Å²) in [7, 11) is 0. The highest BCUT2D eigenvalue weighted by Gasteiger charge is 2.34. The van der Waals surface area contributed by atoms with Crippen LogP contribution in [0.1, 0.15) is 5.56 Å². The van der Waals surface area contributed by atoms with E-state index in [2.05, 4.69) is 28.0 Å². The number of hydrogen-bond acceptors (Lipinski definition) is 2. The summed E-state index contributed by atoms with van der Waals surface area (Å²) in [5.74, 6) is -0.792. The maximum absolute atomic E-state index is 12.4. The molecule has 0 unspecified atom stereocenters. The molecule has 2 aromatic rings. The number of hydrogen-bond donors (Lipinski definition) is 1. The van der Waals surface area contributed by atoms with Gasteiger partial charge in [0.25, 0.3) is 11.8 Å². The molecule has 2 amide bonds. The molecule has 22 heavy (non-hydrogen) atoms.